The molecule has 2 aromatic heterocycles. The fraction of sp³-hybridized carbons (Fsp3) is 0.684. The summed E-state index contributed by atoms with van der Waals surface area (Å²) < 4.78 is 5.59. The van der Waals surface area contributed by atoms with E-state index in [4.69, 9.17) is 0 Å². The van der Waals surface area contributed by atoms with Crippen molar-refractivity contribution in [1.29, 1.82) is 0 Å². The second-order valence-electron chi connectivity index (χ2n) is 8.50. The average molecular weight is 442 g/mol. The first-order chi connectivity index (χ1) is 11.1. The van der Waals surface area contributed by atoms with Crippen LogP contribution in [-0.4, -0.2) is 19.6 Å². The van der Waals surface area contributed by atoms with Gasteiger partial charge in [0, 0.05) is 29.6 Å². The van der Waals surface area contributed by atoms with Crippen LogP contribution in [0.1, 0.15) is 71.8 Å². The van der Waals surface area contributed by atoms with Crippen LogP contribution in [0.15, 0.2) is 12.4 Å². The van der Waals surface area contributed by atoms with Gasteiger partial charge in [0.15, 0.2) is 0 Å². The molecule has 0 atom stereocenters. The SMILES string of the molecule is CCn1ncc(CCCn2ncc(I)c2C(C)(C)C)c1C(C)(C)C. The molecule has 0 saturated heterocycles. The summed E-state index contributed by atoms with van der Waals surface area (Å²) >= 11 is 2.40. The van der Waals surface area contributed by atoms with Crippen LogP contribution in [0.25, 0.3) is 0 Å². The smallest absolute Gasteiger partial charge is 0.0626 e. The summed E-state index contributed by atoms with van der Waals surface area (Å²) in [6, 6.07) is 0. The topological polar surface area (TPSA) is 35.6 Å². The molecule has 5 heteroatoms. The minimum Gasteiger partial charge on any atom is -0.269 e. The molecule has 2 rings (SSSR count). The maximum absolute atomic E-state index is 4.59. The summed E-state index contributed by atoms with van der Waals surface area (Å²) in [4.78, 5) is 0. The highest BCUT2D eigenvalue weighted by Gasteiger charge is 2.24. The summed E-state index contributed by atoms with van der Waals surface area (Å²) in [5.74, 6) is 0. The minimum atomic E-state index is 0.122. The Labute approximate surface area is 160 Å². The van der Waals surface area contributed by atoms with E-state index in [1.165, 1.54) is 20.5 Å². The predicted molar refractivity (Wildman–Crippen MR) is 109 cm³/mol. The van der Waals surface area contributed by atoms with Crippen molar-refractivity contribution < 1.29 is 0 Å². The Balaban J connectivity index is 2.13. The Hall–Kier alpha value is -0.850. The summed E-state index contributed by atoms with van der Waals surface area (Å²) in [6.45, 7) is 17.6. The zero-order valence-electron chi connectivity index (χ0n) is 16.1. The number of aryl methyl sites for hydroxylation is 3. The van der Waals surface area contributed by atoms with Crippen molar-refractivity contribution in [2.45, 2.75) is 85.2 Å². The van der Waals surface area contributed by atoms with Crippen molar-refractivity contribution in [2.75, 3.05) is 0 Å². The number of aromatic nitrogens is 4. The zero-order valence-corrected chi connectivity index (χ0v) is 18.3. The minimum absolute atomic E-state index is 0.122. The number of hydrogen-bond acceptors (Lipinski definition) is 2. The van der Waals surface area contributed by atoms with E-state index in [0.29, 0.717) is 0 Å². The first-order valence-corrected chi connectivity index (χ1v) is 9.90. The van der Waals surface area contributed by atoms with Gasteiger partial charge < -0.3 is 0 Å². The molecular weight excluding hydrogens is 411 g/mol. The molecular formula is C19H31IN4. The average Bonchev–Trinajstić information content (AvgIpc) is 3.01. The molecule has 2 aromatic rings. The Morgan fingerprint density at radius 2 is 1.50 bits per heavy atom. The first kappa shape index (κ1) is 19.5. The Kier molecular flexibility index (Phi) is 5.83. The Bertz CT molecular complexity index is 683. The molecule has 2 heterocycles. The van der Waals surface area contributed by atoms with E-state index in [1.54, 1.807) is 0 Å². The van der Waals surface area contributed by atoms with Gasteiger partial charge in [-0.2, -0.15) is 10.2 Å². The summed E-state index contributed by atoms with van der Waals surface area (Å²) in [5.41, 5.74) is 4.33. The van der Waals surface area contributed by atoms with Gasteiger partial charge in [-0.25, -0.2) is 0 Å². The van der Waals surface area contributed by atoms with Gasteiger partial charge in [-0.15, -0.1) is 0 Å². The van der Waals surface area contributed by atoms with Gasteiger partial charge in [0.2, 0.25) is 0 Å². The van der Waals surface area contributed by atoms with Crippen molar-refractivity contribution in [2.24, 2.45) is 0 Å². The molecule has 24 heavy (non-hydrogen) atoms. The molecule has 134 valence electrons. The second-order valence-corrected chi connectivity index (χ2v) is 9.66. The molecule has 0 spiro atoms. The zero-order chi connectivity index (χ0) is 18.1. The third-order valence-corrected chi connectivity index (χ3v) is 5.04. The van der Waals surface area contributed by atoms with Crippen molar-refractivity contribution in [3.8, 4) is 0 Å². The molecule has 0 bridgehead atoms. The summed E-state index contributed by atoms with van der Waals surface area (Å²) in [6.07, 6.45) is 6.17. The van der Waals surface area contributed by atoms with Crippen molar-refractivity contribution in [3.63, 3.8) is 0 Å². The van der Waals surface area contributed by atoms with Crippen molar-refractivity contribution in [1.82, 2.24) is 19.6 Å². The van der Waals surface area contributed by atoms with E-state index in [9.17, 15) is 0 Å². The summed E-state index contributed by atoms with van der Waals surface area (Å²) in [7, 11) is 0. The monoisotopic (exact) mass is 442 g/mol. The van der Waals surface area contributed by atoms with Crippen LogP contribution in [0.4, 0.5) is 0 Å². The number of rotatable bonds is 5. The van der Waals surface area contributed by atoms with Crippen LogP contribution in [0.2, 0.25) is 0 Å². The molecule has 0 unspecified atom stereocenters. The van der Waals surface area contributed by atoms with Gasteiger partial charge in [0.25, 0.3) is 0 Å². The lowest BCUT2D eigenvalue weighted by atomic mass is 9.88. The lowest BCUT2D eigenvalue weighted by Crippen LogP contribution is -2.21. The van der Waals surface area contributed by atoms with Crippen LogP contribution in [0.5, 0.6) is 0 Å². The largest absolute Gasteiger partial charge is 0.269 e. The van der Waals surface area contributed by atoms with E-state index in [0.717, 1.165) is 25.9 Å². The standard InChI is InChI=1S/C19H31IN4/c1-8-23-16(18(2,3)4)14(12-21-23)10-9-11-24-17(19(5,6)7)15(20)13-22-24/h12-13H,8-11H2,1-7H3. The highest BCUT2D eigenvalue weighted by atomic mass is 127. The molecule has 0 amide bonds. The molecule has 0 aliphatic heterocycles. The molecule has 0 aliphatic rings. The van der Waals surface area contributed by atoms with Gasteiger partial charge in [-0.3, -0.25) is 9.36 Å². The predicted octanol–water partition coefficient (Wildman–Crippen LogP) is 4.93. The van der Waals surface area contributed by atoms with Crippen molar-refractivity contribution >= 4 is 22.6 Å². The molecule has 4 nitrogen and oxygen atoms in total. The molecule has 0 saturated carbocycles. The third kappa shape index (κ3) is 4.21. The van der Waals surface area contributed by atoms with E-state index in [1.807, 2.05) is 6.20 Å². The number of nitrogens with zero attached hydrogens (tertiary/aromatic N) is 4. The molecule has 0 aliphatic carbocycles. The number of halogens is 1. The number of hydrogen-bond donors (Lipinski definition) is 0. The van der Waals surface area contributed by atoms with Crippen LogP contribution in [0.3, 0.4) is 0 Å². The Morgan fingerprint density at radius 1 is 0.917 bits per heavy atom. The molecule has 0 aromatic carbocycles. The van der Waals surface area contributed by atoms with Gasteiger partial charge in [-0.1, -0.05) is 41.5 Å². The van der Waals surface area contributed by atoms with Crippen LogP contribution in [0, 0.1) is 3.57 Å². The quantitative estimate of drug-likeness (QED) is 0.616. The lowest BCUT2D eigenvalue weighted by Gasteiger charge is -2.23. The van der Waals surface area contributed by atoms with E-state index < -0.39 is 0 Å². The maximum Gasteiger partial charge on any atom is 0.0626 e. The second kappa shape index (κ2) is 7.18. The van der Waals surface area contributed by atoms with Crippen molar-refractivity contribution in [3.05, 3.63) is 32.9 Å². The van der Waals surface area contributed by atoms with E-state index in [-0.39, 0.29) is 10.8 Å². The maximum atomic E-state index is 4.59. The fourth-order valence-electron chi connectivity index (χ4n) is 3.41. The first-order valence-electron chi connectivity index (χ1n) is 8.82. The molecule has 0 N–H and O–H groups in total. The van der Waals surface area contributed by atoms with E-state index >= 15 is 0 Å². The highest BCUT2D eigenvalue weighted by molar-refractivity contribution is 14.1. The van der Waals surface area contributed by atoms with Crippen LogP contribution < -0.4 is 0 Å². The van der Waals surface area contributed by atoms with Gasteiger partial charge >= 0.3 is 0 Å². The van der Waals surface area contributed by atoms with E-state index in [2.05, 4.69) is 96.8 Å². The van der Waals surface area contributed by atoms with Gasteiger partial charge in [0.05, 0.1) is 21.7 Å². The third-order valence-electron chi connectivity index (χ3n) is 4.25. The fourth-order valence-corrected chi connectivity index (χ4v) is 4.62. The molecule has 0 radical (unpaired) electrons. The normalized spacial score (nSPS) is 12.8. The van der Waals surface area contributed by atoms with Gasteiger partial charge in [0.1, 0.15) is 0 Å². The Morgan fingerprint density at radius 3 is 2.04 bits per heavy atom. The van der Waals surface area contributed by atoms with Gasteiger partial charge in [-0.05, 0) is 47.9 Å². The lowest BCUT2D eigenvalue weighted by molar-refractivity contribution is 0.468. The van der Waals surface area contributed by atoms with Crippen LogP contribution >= 0.6 is 22.6 Å². The highest BCUT2D eigenvalue weighted by Crippen LogP contribution is 2.29. The summed E-state index contributed by atoms with van der Waals surface area (Å²) in [5, 5.41) is 9.17. The van der Waals surface area contributed by atoms with Crippen LogP contribution in [-0.2, 0) is 30.3 Å². The molecule has 0 fully saturated rings.